The number of hydrogen-bond donors (Lipinski definition) is 0. The van der Waals surface area contributed by atoms with E-state index in [2.05, 4.69) is 26.5 Å². The molecule has 0 bridgehead atoms. The molecule has 2 heterocycles. The fourth-order valence-electron chi connectivity index (χ4n) is 0.971. The minimum atomic E-state index is 0.209. The summed E-state index contributed by atoms with van der Waals surface area (Å²) in [6, 6.07) is 0. The van der Waals surface area contributed by atoms with E-state index in [4.69, 9.17) is 11.6 Å². The highest BCUT2D eigenvalue weighted by Gasteiger charge is 2.02. The second-order valence-corrected chi connectivity index (χ2v) is 3.05. The van der Waals surface area contributed by atoms with E-state index >= 15 is 0 Å². The molecule has 0 amide bonds. The van der Waals surface area contributed by atoms with Gasteiger partial charge >= 0.3 is 0 Å². The van der Waals surface area contributed by atoms with Crippen molar-refractivity contribution in [3.8, 4) is 0 Å². The third kappa shape index (κ3) is 2.95. The van der Waals surface area contributed by atoms with E-state index in [1.165, 1.54) is 0 Å². The van der Waals surface area contributed by atoms with Gasteiger partial charge in [-0.25, -0.2) is 15.0 Å². The van der Waals surface area contributed by atoms with E-state index in [0.29, 0.717) is 11.2 Å². The lowest BCUT2D eigenvalue weighted by molar-refractivity contribution is 1.10. The van der Waals surface area contributed by atoms with Crippen LogP contribution in [0.1, 0.15) is 12.6 Å². The maximum absolute atomic E-state index is 5.63. The Morgan fingerprint density at radius 1 is 1.27 bits per heavy atom. The van der Waals surface area contributed by atoms with Crippen molar-refractivity contribution in [2.45, 2.75) is 13.8 Å². The summed E-state index contributed by atoms with van der Waals surface area (Å²) in [4.78, 5) is 16.0. The number of allylic oxidation sites excluding steroid dienone is 1. The van der Waals surface area contributed by atoms with Crippen LogP contribution in [0.25, 0.3) is 11.2 Å². The van der Waals surface area contributed by atoms with Gasteiger partial charge in [-0.15, -0.1) is 6.58 Å². The number of aryl methyl sites for hydroxylation is 1. The van der Waals surface area contributed by atoms with Crippen LogP contribution >= 0.6 is 11.6 Å². The van der Waals surface area contributed by atoms with Gasteiger partial charge in [-0.2, -0.15) is 4.98 Å². The predicted molar refractivity (Wildman–Crippen MR) is 60.7 cm³/mol. The number of halogens is 1. The lowest BCUT2D eigenvalue weighted by Crippen LogP contribution is -1.93. The summed E-state index contributed by atoms with van der Waals surface area (Å²) >= 11 is 5.63. The van der Waals surface area contributed by atoms with Crippen LogP contribution in [-0.4, -0.2) is 19.9 Å². The summed E-state index contributed by atoms with van der Waals surface area (Å²) in [6.45, 7) is 7.07. The van der Waals surface area contributed by atoms with Gasteiger partial charge in [0.05, 0.1) is 5.69 Å². The van der Waals surface area contributed by atoms with Crippen LogP contribution in [0.2, 0.25) is 5.28 Å². The summed E-state index contributed by atoms with van der Waals surface area (Å²) in [5.74, 6) is 0. The quantitative estimate of drug-likeness (QED) is 0.508. The first-order valence-corrected chi connectivity index (χ1v) is 4.74. The van der Waals surface area contributed by atoms with Crippen molar-refractivity contribution in [2.75, 3.05) is 0 Å². The molecule has 2 aromatic heterocycles. The highest BCUT2D eigenvalue weighted by Crippen LogP contribution is 2.11. The van der Waals surface area contributed by atoms with Crippen molar-refractivity contribution in [2.24, 2.45) is 0 Å². The molecule has 5 heteroatoms. The summed E-state index contributed by atoms with van der Waals surface area (Å²) in [5.41, 5.74) is 1.98. The second-order valence-electron chi connectivity index (χ2n) is 2.71. The van der Waals surface area contributed by atoms with Crippen LogP contribution < -0.4 is 0 Å². The van der Waals surface area contributed by atoms with E-state index in [9.17, 15) is 0 Å². The van der Waals surface area contributed by atoms with Gasteiger partial charge in [0, 0.05) is 12.4 Å². The van der Waals surface area contributed by atoms with Crippen LogP contribution in [-0.2, 0) is 0 Å². The van der Waals surface area contributed by atoms with Gasteiger partial charge in [-0.05, 0) is 25.4 Å². The van der Waals surface area contributed by atoms with Gasteiger partial charge in [0.15, 0.2) is 5.65 Å². The number of hydrogen-bond acceptors (Lipinski definition) is 4. The van der Waals surface area contributed by atoms with Gasteiger partial charge in [-0.3, -0.25) is 0 Å². The van der Waals surface area contributed by atoms with Gasteiger partial charge in [0.2, 0.25) is 5.28 Å². The molecule has 0 aliphatic rings. The van der Waals surface area contributed by atoms with E-state index < -0.39 is 0 Å². The molecule has 0 aliphatic carbocycles. The van der Waals surface area contributed by atoms with E-state index in [1.807, 2.05) is 13.8 Å². The zero-order valence-electron chi connectivity index (χ0n) is 8.61. The van der Waals surface area contributed by atoms with Crippen LogP contribution in [0.15, 0.2) is 25.0 Å². The van der Waals surface area contributed by atoms with Crippen LogP contribution in [0.5, 0.6) is 0 Å². The maximum atomic E-state index is 5.63. The Hall–Kier alpha value is -1.55. The molecule has 0 unspecified atom stereocenters. The monoisotopic (exact) mass is 222 g/mol. The average molecular weight is 223 g/mol. The second kappa shape index (κ2) is 5.36. The molecule has 0 aliphatic heterocycles. The Bertz CT molecular complexity index is 470. The van der Waals surface area contributed by atoms with Crippen molar-refractivity contribution in [1.82, 2.24) is 19.9 Å². The Balaban J connectivity index is 0.000000337. The van der Waals surface area contributed by atoms with Gasteiger partial charge in [-0.1, -0.05) is 6.08 Å². The fraction of sp³-hybridized carbons (Fsp3) is 0.200. The normalized spacial score (nSPS) is 9.27. The summed E-state index contributed by atoms with van der Waals surface area (Å²) in [7, 11) is 0. The first-order chi connectivity index (χ1) is 7.19. The summed E-state index contributed by atoms with van der Waals surface area (Å²) < 4.78 is 0. The summed E-state index contributed by atoms with van der Waals surface area (Å²) in [5, 5.41) is 0.209. The number of aromatic nitrogens is 4. The number of rotatable bonds is 0. The van der Waals surface area contributed by atoms with E-state index in [1.54, 1.807) is 18.5 Å². The molecule has 0 spiro atoms. The van der Waals surface area contributed by atoms with Crippen molar-refractivity contribution in [3.63, 3.8) is 0 Å². The molecule has 0 radical (unpaired) electrons. The molecule has 2 aromatic rings. The molecule has 0 atom stereocenters. The highest BCUT2D eigenvalue weighted by atomic mass is 35.5. The molecule has 15 heavy (non-hydrogen) atoms. The van der Waals surface area contributed by atoms with Crippen molar-refractivity contribution in [3.05, 3.63) is 36.0 Å². The molecule has 0 N–H and O–H groups in total. The molecule has 0 aromatic carbocycles. The lowest BCUT2D eigenvalue weighted by atomic mass is 10.4. The van der Waals surface area contributed by atoms with E-state index in [-0.39, 0.29) is 5.28 Å². The third-order valence-electron chi connectivity index (χ3n) is 1.48. The van der Waals surface area contributed by atoms with Crippen molar-refractivity contribution < 1.29 is 0 Å². The summed E-state index contributed by atoms with van der Waals surface area (Å²) in [6.07, 6.45) is 4.93. The maximum Gasteiger partial charge on any atom is 0.224 e. The van der Waals surface area contributed by atoms with Gasteiger partial charge < -0.3 is 0 Å². The number of fused-ring (bicyclic) bond motifs is 1. The highest BCUT2D eigenvalue weighted by molar-refractivity contribution is 6.28. The molecular weight excluding hydrogens is 212 g/mol. The van der Waals surface area contributed by atoms with Crippen molar-refractivity contribution in [1.29, 1.82) is 0 Å². The average Bonchev–Trinajstić information content (AvgIpc) is 2.18. The lowest BCUT2D eigenvalue weighted by Gasteiger charge is -1.97. The molecule has 4 nitrogen and oxygen atoms in total. The Morgan fingerprint density at radius 2 is 1.87 bits per heavy atom. The Kier molecular flexibility index (Phi) is 4.12. The topological polar surface area (TPSA) is 51.6 Å². The predicted octanol–water partition coefficient (Wildman–Crippen LogP) is 2.57. The fourth-order valence-corrected chi connectivity index (χ4v) is 1.18. The molecule has 78 valence electrons. The minimum Gasteiger partial charge on any atom is -0.249 e. The minimum absolute atomic E-state index is 0.209. The zero-order chi connectivity index (χ0) is 11.3. The van der Waals surface area contributed by atoms with Gasteiger partial charge in [0.25, 0.3) is 0 Å². The smallest absolute Gasteiger partial charge is 0.224 e. The number of nitrogens with zero attached hydrogens (tertiary/aromatic N) is 4. The SMILES string of the molecule is C=CC.Cc1nc(Cl)nc2nccnc12. The van der Waals surface area contributed by atoms with Crippen LogP contribution in [0.3, 0.4) is 0 Å². The molecule has 2 rings (SSSR count). The van der Waals surface area contributed by atoms with Crippen LogP contribution in [0.4, 0.5) is 0 Å². The first kappa shape index (κ1) is 11.5. The van der Waals surface area contributed by atoms with Crippen LogP contribution in [0, 0.1) is 6.92 Å². The standard InChI is InChI=1S/C7H5ClN4.C3H6/c1-4-5-6(10-3-2-9-5)12-7(8)11-4;1-3-2/h2-3H,1H3;3H,1H2,2H3. The molecule has 0 fully saturated rings. The molecule has 0 saturated carbocycles. The Morgan fingerprint density at radius 3 is 2.53 bits per heavy atom. The molecular formula is C10H11ClN4. The molecule has 0 saturated heterocycles. The Labute approximate surface area is 93.1 Å². The van der Waals surface area contributed by atoms with Crippen molar-refractivity contribution >= 4 is 22.8 Å². The first-order valence-electron chi connectivity index (χ1n) is 4.37. The third-order valence-corrected chi connectivity index (χ3v) is 1.65. The van der Waals surface area contributed by atoms with E-state index in [0.717, 1.165) is 5.69 Å². The largest absolute Gasteiger partial charge is 0.249 e. The zero-order valence-corrected chi connectivity index (χ0v) is 9.36. The van der Waals surface area contributed by atoms with Gasteiger partial charge in [0.1, 0.15) is 5.52 Å².